The molecule has 2 rings (SSSR count). The number of hydrogen-bond donors (Lipinski definition) is 3. The summed E-state index contributed by atoms with van der Waals surface area (Å²) in [6.45, 7) is 3.75. The van der Waals surface area contributed by atoms with Crippen LogP contribution in [0.3, 0.4) is 0 Å². The standard InChI is InChI=1S/C12H21N3O3/c1-6(2)10(11(13)15-17)12(16)14-8-5-7-3-4-9(8)18-7/h6-10,17H,3-5H2,1-2H3,(H2,13,15)(H,14,16). The fraction of sp³-hybridized carbons (Fsp3) is 0.833. The molecule has 0 aromatic carbocycles. The van der Waals surface area contributed by atoms with E-state index in [2.05, 4.69) is 10.5 Å². The Bertz CT molecular complexity index is 356. The van der Waals surface area contributed by atoms with Crippen LogP contribution in [0, 0.1) is 11.8 Å². The molecule has 6 nitrogen and oxygen atoms in total. The molecule has 0 aromatic rings. The highest BCUT2D eigenvalue weighted by Crippen LogP contribution is 2.34. The number of amides is 1. The highest BCUT2D eigenvalue weighted by Gasteiger charge is 2.42. The van der Waals surface area contributed by atoms with E-state index in [-0.39, 0.29) is 29.8 Å². The van der Waals surface area contributed by atoms with Crippen molar-refractivity contribution in [3.05, 3.63) is 0 Å². The molecule has 102 valence electrons. The average molecular weight is 255 g/mol. The Labute approximate surface area is 107 Å². The molecule has 0 aliphatic carbocycles. The van der Waals surface area contributed by atoms with Gasteiger partial charge < -0.3 is 21.0 Å². The van der Waals surface area contributed by atoms with Crippen LogP contribution in [-0.2, 0) is 9.53 Å². The van der Waals surface area contributed by atoms with E-state index in [1.165, 1.54) is 0 Å². The summed E-state index contributed by atoms with van der Waals surface area (Å²) in [6, 6.07) is 0.0731. The number of oxime groups is 1. The number of nitrogens with one attached hydrogen (secondary N) is 1. The molecular formula is C12H21N3O3. The van der Waals surface area contributed by atoms with Crippen molar-refractivity contribution in [3.8, 4) is 0 Å². The fourth-order valence-corrected chi connectivity index (χ4v) is 2.90. The lowest BCUT2D eigenvalue weighted by Gasteiger charge is -2.24. The second-order valence-corrected chi connectivity index (χ2v) is 5.47. The number of hydrogen-bond acceptors (Lipinski definition) is 4. The van der Waals surface area contributed by atoms with Gasteiger partial charge in [0.15, 0.2) is 5.84 Å². The van der Waals surface area contributed by atoms with E-state index in [4.69, 9.17) is 15.7 Å². The Kier molecular flexibility index (Phi) is 3.75. The van der Waals surface area contributed by atoms with Crippen LogP contribution in [0.4, 0.5) is 0 Å². The van der Waals surface area contributed by atoms with Crippen molar-refractivity contribution >= 4 is 11.7 Å². The van der Waals surface area contributed by atoms with Crippen LogP contribution in [-0.4, -0.2) is 35.2 Å². The number of fused-ring (bicyclic) bond motifs is 2. The lowest BCUT2D eigenvalue weighted by molar-refractivity contribution is -0.125. The fourth-order valence-electron chi connectivity index (χ4n) is 2.90. The maximum atomic E-state index is 12.2. The van der Waals surface area contributed by atoms with E-state index in [9.17, 15) is 4.79 Å². The number of carbonyl (C=O) groups is 1. The largest absolute Gasteiger partial charge is 0.409 e. The lowest BCUT2D eigenvalue weighted by Crippen LogP contribution is -2.48. The Morgan fingerprint density at radius 2 is 2.22 bits per heavy atom. The first-order chi connectivity index (χ1) is 8.52. The van der Waals surface area contributed by atoms with Gasteiger partial charge in [0, 0.05) is 0 Å². The lowest BCUT2D eigenvalue weighted by atomic mass is 9.91. The van der Waals surface area contributed by atoms with Gasteiger partial charge in [-0.2, -0.15) is 0 Å². The van der Waals surface area contributed by atoms with E-state index in [1.807, 2.05) is 13.8 Å². The van der Waals surface area contributed by atoms with Gasteiger partial charge in [-0.15, -0.1) is 0 Å². The monoisotopic (exact) mass is 255 g/mol. The van der Waals surface area contributed by atoms with Crippen molar-refractivity contribution in [3.63, 3.8) is 0 Å². The summed E-state index contributed by atoms with van der Waals surface area (Å²) in [5, 5.41) is 14.7. The zero-order valence-electron chi connectivity index (χ0n) is 10.8. The highest BCUT2D eigenvalue weighted by atomic mass is 16.5. The molecule has 4 unspecified atom stereocenters. The third-order valence-corrected chi connectivity index (χ3v) is 3.82. The molecule has 2 bridgehead atoms. The molecule has 18 heavy (non-hydrogen) atoms. The molecule has 0 saturated carbocycles. The maximum Gasteiger partial charge on any atom is 0.231 e. The van der Waals surface area contributed by atoms with Gasteiger partial charge in [-0.05, 0) is 25.2 Å². The minimum atomic E-state index is -0.589. The van der Waals surface area contributed by atoms with Crippen molar-refractivity contribution < 1.29 is 14.7 Å². The first-order valence-corrected chi connectivity index (χ1v) is 6.46. The second kappa shape index (κ2) is 5.14. The van der Waals surface area contributed by atoms with Crippen LogP contribution >= 0.6 is 0 Å². The van der Waals surface area contributed by atoms with Crippen LogP contribution in [0.25, 0.3) is 0 Å². The summed E-state index contributed by atoms with van der Waals surface area (Å²) < 4.78 is 5.69. The predicted molar refractivity (Wildman–Crippen MR) is 66.2 cm³/mol. The van der Waals surface area contributed by atoms with Crippen molar-refractivity contribution in [1.29, 1.82) is 0 Å². The first-order valence-electron chi connectivity index (χ1n) is 6.46. The van der Waals surface area contributed by atoms with Crippen LogP contribution in [0.15, 0.2) is 5.16 Å². The molecule has 2 aliphatic heterocycles. The third-order valence-electron chi connectivity index (χ3n) is 3.82. The number of rotatable bonds is 4. The first kappa shape index (κ1) is 13.1. The van der Waals surface area contributed by atoms with E-state index in [0.29, 0.717) is 6.10 Å². The molecule has 6 heteroatoms. The zero-order chi connectivity index (χ0) is 13.3. The maximum absolute atomic E-state index is 12.2. The summed E-state index contributed by atoms with van der Waals surface area (Å²) in [4.78, 5) is 12.2. The molecule has 0 spiro atoms. The minimum Gasteiger partial charge on any atom is -0.409 e. The number of amidine groups is 1. The number of carbonyl (C=O) groups excluding carboxylic acids is 1. The summed E-state index contributed by atoms with van der Waals surface area (Å²) >= 11 is 0. The Hall–Kier alpha value is -1.30. The molecule has 0 radical (unpaired) electrons. The van der Waals surface area contributed by atoms with E-state index >= 15 is 0 Å². The molecule has 2 saturated heterocycles. The molecule has 2 aliphatic rings. The van der Waals surface area contributed by atoms with Gasteiger partial charge in [0.1, 0.15) is 5.92 Å². The number of ether oxygens (including phenoxy) is 1. The average Bonchev–Trinajstić information content (AvgIpc) is 2.90. The quantitative estimate of drug-likeness (QED) is 0.294. The van der Waals surface area contributed by atoms with Crippen LogP contribution in [0.1, 0.15) is 33.1 Å². The molecule has 2 fully saturated rings. The molecule has 2 heterocycles. The van der Waals surface area contributed by atoms with Gasteiger partial charge >= 0.3 is 0 Å². The van der Waals surface area contributed by atoms with Crippen molar-refractivity contribution in [2.24, 2.45) is 22.7 Å². The van der Waals surface area contributed by atoms with E-state index < -0.39 is 5.92 Å². The Morgan fingerprint density at radius 3 is 2.67 bits per heavy atom. The minimum absolute atomic E-state index is 0.0135. The predicted octanol–water partition coefficient (Wildman–Crippen LogP) is 0.441. The SMILES string of the molecule is CC(C)C(C(=O)NC1CC2CCC1O2)C(N)=NO. The normalized spacial score (nSPS) is 32.8. The Morgan fingerprint density at radius 1 is 1.50 bits per heavy atom. The summed E-state index contributed by atoms with van der Waals surface area (Å²) in [6.07, 6.45) is 3.40. The Balaban J connectivity index is 1.97. The van der Waals surface area contributed by atoms with E-state index in [1.54, 1.807) is 0 Å². The topological polar surface area (TPSA) is 96.9 Å². The van der Waals surface area contributed by atoms with Crippen molar-refractivity contribution in [1.82, 2.24) is 5.32 Å². The number of nitrogens with two attached hydrogens (primary N) is 1. The van der Waals surface area contributed by atoms with Crippen LogP contribution < -0.4 is 11.1 Å². The van der Waals surface area contributed by atoms with Crippen LogP contribution in [0.5, 0.6) is 0 Å². The molecule has 4 atom stereocenters. The van der Waals surface area contributed by atoms with Gasteiger partial charge in [0.2, 0.25) is 5.91 Å². The highest BCUT2D eigenvalue weighted by molar-refractivity contribution is 6.02. The smallest absolute Gasteiger partial charge is 0.231 e. The molecule has 1 amide bonds. The number of nitrogens with zero attached hydrogens (tertiary/aromatic N) is 1. The third kappa shape index (κ3) is 2.43. The molecule has 0 aromatic heterocycles. The zero-order valence-corrected chi connectivity index (χ0v) is 10.8. The summed E-state index contributed by atoms with van der Waals surface area (Å²) in [5.74, 6) is -0.817. The van der Waals surface area contributed by atoms with Gasteiger partial charge in [-0.1, -0.05) is 19.0 Å². The summed E-state index contributed by atoms with van der Waals surface area (Å²) in [7, 11) is 0. The molecule has 4 N–H and O–H groups in total. The van der Waals surface area contributed by atoms with Crippen molar-refractivity contribution in [2.45, 2.75) is 51.4 Å². The van der Waals surface area contributed by atoms with E-state index in [0.717, 1.165) is 19.3 Å². The molecular weight excluding hydrogens is 234 g/mol. The van der Waals surface area contributed by atoms with Gasteiger partial charge in [0.25, 0.3) is 0 Å². The van der Waals surface area contributed by atoms with Gasteiger partial charge in [-0.3, -0.25) is 4.79 Å². The van der Waals surface area contributed by atoms with Crippen LogP contribution in [0.2, 0.25) is 0 Å². The second-order valence-electron chi connectivity index (χ2n) is 5.47. The van der Waals surface area contributed by atoms with Gasteiger partial charge in [0.05, 0.1) is 18.2 Å². The van der Waals surface area contributed by atoms with Gasteiger partial charge in [-0.25, -0.2) is 0 Å². The van der Waals surface area contributed by atoms with Crippen molar-refractivity contribution in [2.75, 3.05) is 0 Å². The summed E-state index contributed by atoms with van der Waals surface area (Å²) in [5.41, 5.74) is 5.58.